The maximum atomic E-state index is 14.1. The molecule has 0 saturated heterocycles. The maximum absolute atomic E-state index is 14.1. The van der Waals surface area contributed by atoms with Crippen LogP contribution in [0.5, 0.6) is 11.5 Å². The van der Waals surface area contributed by atoms with E-state index in [1.807, 2.05) is 18.2 Å². The lowest BCUT2D eigenvalue weighted by Gasteiger charge is -2.24. The van der Waals surface area contributed by atoms with Crippen LogP contribution in [0, 0.1) is 27.7 Å². The minimum Gasteiger partial charge on any atom is -0.463 e. The number of carbonyl (C=O) groups is 1. The van der Waals surface area contributed by atoms with Crippen LogP contribution < -0.4 is 24.4 Å². The summed E-state index contributed by atoms with van der Waals surface area (Å²) < 4.78 is 20.8. The highest BCUT2D eigenvalue weighted by Crippen LogP contribution is 2.38. The Balaban J connectivity index is 1.52. The number of thiazole rings is 1. The van der Waals surface area contributed by atoms with Crippen molar-refractivity contribution in [2.75, 3.05) is 13.4 Å². The first kappa shape index (κ1) is 26.8. The molecule has 4 aromatic rings. The van der Waals surface area contributed by atoms with Gasteiger partial charge in [0.15, 0.2) is 16.3 Å². The molecule has 0 amide bonds. The molecule has 2 aliphatic rings. The summed E-state index contributed by atoms with van der Waals surface area (Å²) in [5.74, 6) is 0.697. The van der Waals surface area contributed by atoms with Crippen LogP contribution in [0.4, 0.5) is 0 Å². The molecule has 0 radical (unpaired) electrons. The molecule has 2 aromatic carbocycles. The molecule has 8 nitrogen and oxygen atoms in total. The van der Waals surface area contributed by atoms with Crippen LogP contribution >= 0.6 is 11.3 Å². The van der Waals surface area contributed by atoms with Crippen molar-refractivity contribution in [1.82, 2.24) is 9.13 Å². The molecule has 0 fully saturated rings. The van der Waals surface area contributed by atoms with E-state index in [4.69, 9.17) is 19.2 Å². The van der Waals surface area contributed by atoms with Crippen LogP contribution in [0.25, 0.3) is 11.8 Å². The Morgan fingerprint density at radius 2 is 1.78 bits per heavy atom. The quantitative estimate of drug-likeness (QED) is 0.329. The van der Waals surface area contributed by atoms with Gasteiger partial charge in [0, 0.05) is 17.1 Å². The average molecular weight is 570 g/mol. The van der Waals surface area contributed by atoms with Crippen molar-refractivity contribution in [2.24, 2.45) is 4.99 Å². The lowest BCUT2D eigenvalue weighted by molar-refractivity contribution is -0.139. The smallest absolute Gasteiger partial charge is 0.338 e. The Bertz CT molecular complexity index is 1920. The highest BCUT2D eigenvalue weighted by molar-refractivity contribution is 7.07. The summed E-state index contributed by atoms with van der Waals surface area (Å²) in [4.78, 5) is 32.5. The summed E-state index contributed by atoms with van der Waals surface area (Å²) in [5, 5.41) is 0. The number of hydrogen-bond acceptors (Lipinski definition) is 7. The Kier molecular flexibility index (Phi) is 6.69. The number of aromatic nitrogens is 2. The van der Waals surface area contributed by atoms with Gasteiger partial charge in [-0.1, -0.05) is 23.5 Å². The van der Waals surface area contributed by atoms with Crippen LogP contribution in [-0.4, -0.2) is 28.5 Å². The van der Waals surface area contributed by atoms with Crippen molar-refractivity contribution in [1.29, 1.82) is 0 Å². The highest BCUT2D eigenvalue weighted by atomic mass is 32.1. The van der Waals surface area contributed by atoms with Gasteiger partial charge < -0.3 is 18.8 Å². The van der Waals surface area contributed by atoms with Gasteiger partial charge in [0.05, 0.1) is 28.5 Å². The van der Waals surface area contributed by atoms with Crippen molar-refractivity contribution in [2.45, 2.75) is 47.6 Å². The van der Waals surface area contributed by atoms with E-state index in [0.29, 0.717) is 37.7 Å². The standard InChI is InChI=1S/C32H31N3O5S/c1-7-38-31(37)28-20(5)33-32-35(29(28)22-8-9-25-26(14-22)40-16-39-25)30(36)27(41-32)15-23-13-19(4)34(21(23)6)24-11-17(2)10-18(3)12-24/h8-15,29H,7,16H2,1-6H3/b27-15+/t29-/m0/s1. The van der Waals surface area contributed by atoms with E-state index in [1.165, 1.54) is 22.5 Å². The first-order valence-electron chi connectivity index (χ1n) is 13.5. The third-order valence-electron chi connectivity index (χ3n) is 7.45. The number of ether oxygens (including phenoxy) is 3. The van der Waals surface area contributed by atoms with E-state index in [1.54, 1.807) is 24.5 Å². The SMILES string of the molecule is CCOC(=O)C1=C(C)N=c2s/c(=C/c3cc(C)n(-c4cc(C)cc(C)c4)c3C)c(=O)n2[C@H]1c1ccc2c(c1)OCO2. The third-order valence-corrected chi connectivity index (χ3v) is 8.43. The fourth-order valence-corrected chi connectivity index (χ4v) is 6.78. The monoisotopic (exact) mass is 569 g/mol. The molecule has 6 rings (SSSR count). The summed E-state index contributed by atoms with van der Waals surface area (Å²) in [7, 11) is 0. The van der Waals surface area contributed by atoms with Gasteiger partial charge in [0.25, 0.3) is 5.56 Å². The summed E-state index contributed by atoms with van der Waals surface area (Å²) in [5.41, 5.74) is 7.89. The first-order valence-corrected chi connectivity index (χ1v) is 14.3. The lowest BCUT2D eigenvalue weighted by atomic mass is 9.95. The Morgan fingerprint density at radius 3 is 2.51 bits per heavy atom. The van der Waals surface area contributed by atoms with Crippen molar-refractivity contribution in [3.05, 3.63) is 107 Å². The van der Waals surface area contributed by atoms with Crippen LogP contribution in [0.3, 0.4) is 0 Å². The predicted octanol–water partition coefficient (Wildman–Crippen LogP) is 4.55. The van der Waals surface area contributed by atoms with E-state index in [-0.39, 0.29) is 19.0 Å². The number of allylic oxidation sites excluding steroid dienone is 1. The molecule has 0 spiro atoms. The number of aryl methyl sites for hydroxylation is 3. The molecule has 210 valence electrons. The van der Waals surface area contributed by atoms with Gasteiger partial charge in [-0.15, -0.1) is 0 Å². The second-order valence-electron chi connectivity index (χ2n) is 10.4. The second-order valence-corrected chi connectivity index (χ2v) is 11.4. The molecule has 9 heteroatoms. The lowest BCUT2D eigenvalue weighted by Crippen LogP contribution is -2.39. The Hall–Kier alpha value is -4.37. The molecule has 41 heavy (non-hydrogen) atoms. The summed E-state index contributed by atoms with van der Waals surface area (Å²) in [6.45, 7) is 12.2. The summed E-state index contributed by atoms with van der Waals surface area (Å²) in [6.07, 6.45) is 1.92. The topological polar surface area (TPSA) is 84.1 Å². The molecule has 0 saturated carbocycles. The van der Waals surface area contributed by atoms with Crippen LogP contribution in [-0.2, 0) is 9.53 Å². The van der Waals surface area contributed by atoms with E-state index in [2.05, 4.69) is 56.5 Å². The molecule has 0 bridgehead atoms. The van der Waals surface area contributed by atoms with E-state index < -0.39 is 12.0 Å². The zero-order valence-corrected chi connectivity index (χ0v) is 24.7. The van der Waals surface area contributed by atoms with Gasteiger partial charge >= 0.3 is 5.97 Å². The molecule has 0 aliphatic carbocycles. The number of benzene rings is 2. The van der Waals surface area contributed by atoms with Gasteiger partial charge in [0.1, 0.15) is 0 Å². The number of nitrogens with zero attached hydrogens (tertiary/aromatic N) is 3. The van der Waals surface area contributed by atoms with E-state index in [9.17, 15) is 9.59 Å². The molecule has 1 atom stereocenters. The minimum absolute atomic E-state index is 0.127. The molecule has 0 N–H and O–H groups in total. The largest absolute Gasteiger partial charge is 0.463 e. The fourth-order valence-electron chi connectivity index (χ4n) is 5.74. The van der Waals surface area contributed by atoms with Crippen molar-refractivity contribution in [3.63, 3.8) is 0 Å². The van der Waals surface area contributed by atoms with Crippen LogP contribution in [0.2, 0.25) is 0 Å². The molecule has 0 unspecified atom stereocenters. The molecular weight excluding hydrogens is 538 g/mol. The number of esters is 1. The molecule has 4 heterocycles. The normalized spacial score (nSPS) is 16.1. The van der Waals surface area contributed by atoms with Crippen LogP contribution in [0.1, 0.15) is 53.5 Å². The minimum atomic E-state index is -0.718. The average Bonchev–Trinajstić information content (AvgIpc) is 3.58. The summed E-state index contributed by atoms with van der Waals surface area (Å²) >= 11 is 1.31. The number of carbonyl (C=O) groups excluding carboxylic acids is 1. The van der Waals surface area contributed by atoms with Crippen molar-refractivity contribution < 1.29 is 19.0 Å². The first-order chi connectivity index (χ1) is 19.7. The van der Waals surface area contributed by atoms with Gasteiger partial charge in [-0.05, 0) is 100 Å². The zero-order chi connectivity index (χ0) is 29.0. The summed E-state index contributed by atoms with van der Waals surface area (Å²) in [6, 6.07) is 13.3. The van der Waals surface area contributed by atoms with Gasteiger partial charge in [-0.2, -0.15) is 0 Å². The van der Waals surface area contributed by atoms with Crippen molar-refractivity contribution in [3.8, 4) is 17.2 Å². The highest BCUT2D eigenvalue weighted by Gasteiger charge is 2.34. The molecule has 2 aliphatic heterocycles. The Morgan fingerprint density at radius 1 is 1.05 bits per heavy atom. The van der Waals surface area contributed by atoms with Gasteiger partial charge in [-0.25, -0.2) is 9.79 Å². The number of rotatable bonds is 5. The number of hydrogen-bond donors (Lipinski definition) is 0. The predicted molar refractivity (Wildman–Crippen MR) is 158 cm³/mol. The maximum Gasteiger partial charge on any atom is 0.338 e. The van der Waals surface area contributed by atoms with Gasteiger partial charge in [0.2, 0.25) is 6.79 Å². The van der Waals surface area contributed by atoms with E-state index in [0.717, 1.165) is 22.6 Å². The Labute approximate surface area is 241 Å². The second kappa shape index (κ2) is 10.2. The van der Waals surface area contributed by atoms with Crippen molar-refractivity contribution >= 4 is 23.4 Å². The van der Waals surface area contributed by atoms with E-state index >= 15 is 0 Å². The molecular formula is C32H31N3O5S. The fraction of sp³-hybridized carbons (Fsp3) is 0.281. The third kappa shape index (κ3) is 4.60. The van der Waals surface area contributed by atoms with Gasteiger partial charge in [-0.3, -0.25) is 9.36 Å². The zero-order valence-electron chi connectivity index (χ0n) is 23.9. The molecule has 2 aromatic heterocycles. The number of fused-ring (bicyclic) bond motifs is 2. The van der Waals surface area contributed by atoms with Crippen LogP contribution in [0.15, 0.2) is 63.5 Å².